The quantitative estimate of drug-likeness (QED) is 0.784. The topological polar surface area (TPSA) is 88.4 Å². The SMILES string of the molecule is Cn1cc(S(=O)(=O)N2CCN(c3ccccn3)C(=O)C2)cn1. The molecule has 1 saturated heterocycles. The van der Waals surface area contributed by atoms with Crippen molar-refractivity contribution in [2.75, 3.05) is 24.5 Å². The number of anilines is 1. The summed E-state index contributed by atoms with van der Waals surface area (Å²) in [5, 5.41) is 3.86. The highest BCUT2D eigenvalue weighted by atomic mass is 32.2. The molecular weight excluding hydrogens is 306 g/mol. The van der Waals surface area contributed by atoms with Gasteiger partial charge in [-0.15, -0.1) is 0 Å². The average Bonchev–Trinajstić information content (AvgIpc) is 2.95. The fourth-order valence-electron chi connectivity index (χ4n) is 2.29. The molecule has 0 spiro atoms. The first-order chi connectivity index (χ1) is 10.5. The van der Waals surface area contributed by atoms with Crippen molar-refractivity contribution in [1.82, 2.24) is 19.1 Å². The van der Waals surface area contributed by atoms with E-state index >= 15 is 0 Å². The van der Waals surface area contributed by atoms with Crippen LogP contribution in [0, 0.1) is 0 Å². The third-order valence-corrected chi connectivity index (χ3v) is 5.23. The van der Waals surface area contributed by atoms with E-state index in [2.05, 4.69) is 10.1 Å². The first-order valence-corrected chi connectivity index (χ1v) is 8.13. The maximum absolute atomic E-state index is 12.5. The van der Waals surface area contributed by atoms with Crippen LogP contribution in [0.5, 0.6) is 0 Å². The molecule has 0 N–H and O–H groups in total. The van der Waals surface area contributed by atoms with Crippen LogP contribution in [0.25, 0.3) is 0 Å². The van der Waals surface area contributed by atoms with Crippen molar-refractivity contribution in [3.05, 3.63) is 36.8 Å². The molecule has 1 amide bonds. The van der Waals surface area contributed by atoms with E-state index in [1.54, 1.807) is 31.4 Å². The molecule has 0 aliphatic carbocycles. The predicted molar refractivity (Wildman–Crippen MR) is 78.6 cm³/mol. The molecule has 0 aromatic carbocycles. The molecule has 1 aliphatic heterocycles. The Labute approximate surface area is 128 Å². The lowest BCUT2D eigenvalue weighted by molar-refractivity contribution is -0.120. The molecule has 9 heteroatoms. The van der Waals surface area contributed by atoms with Crippen LogP contribution < -0.4 is 4.90 Å². The summed E-state index contributed by atoms with van der Waals surface area (Å²) in [6.07, 6.45) is 4.30. The molecule has 0 radical (unpaired) electrons. The first kappa shape index (κ1) is 14.7. The molecule has 3 heterocycles. The standard InChI is InChI=1S/C13H15N5O3S/c1-16-9-11(8-15-16)22(20,21)17-6-7-18(13(19)10-17)12-4-2-3-5-14-12/h2-5,8-9H,6-7,10H2,1H3. The Bertz CT molecular complexity index is 787. The maximum Gasteiger partial charge on any atom is 0.246 e. The van der Waals surface area contributed by atoms with Crippen LogP contribution in [0.3, 0.4) is 0 Å². The van der Waals surface area contributed by atoms with Gasteiger partial charge in [0.1, 0.15) is 10.7 Å². The summed E-state index contributed by atoms with van der Waals surface area (Å²) < 4.78 is 27.5. The number of carbonyl (C=O) groups excluding carboxylic acids is 1. The molecular formula is C13H15N5O3S. The van der Waals surface area contributed by atoms with Crippen LogP contribution in [-0.2, 0) is 21.9 Å². The highest BCUT2D eigenvalue weighted by Gasteiger charge is 2.34. The van der Waals surface area contributed by atoms with Gasteiger partial charge in [-0.3, -0.25) is 14.4 Å². The molecule has 0 bridgehead atoms. The number of aromatic nitrogens is 3. The molecule has 0 atom stereocenters. The van der Waals surface area contributed by atoms with Gasteiger partial charge in [-0.05, 0) is 12.1 Å². The van der Waals surface area contributed by atoms with Crippen molar-refractivity contribution < 1.29 is 13.2 Å². The zero-order chi connectivity index (χ0) is 15.7. The molecule has 2 aromatic heterocycles. The van der Waals surface area contributed by atoms with E-state index in [0.717, 1.165) is 0 Å². The van der Waals surface area contributed by atoms with Gasteiger partial charge < -0.3 is 0 Å². The number of pyridine rings is 1. The van der Waals surface area contributed by atoms with Gasteiger partial charge in [-0.1, -0.05) is 6.07 Å². The van der Waals surface area contributed by atoms with Crippen molar-refractivity contribution in [2.24, 2.45) is 7.05 Å². The van der Waals surface area contributed by atoms with E-state index in [0.29, 0.717) is 5.82 Å². The average molecular weight is 321 g/mol. The zero-order valence-electron chi connectivity index (χ0n) is 12.0. The number of carbonyl (C=O) groups is 1. The Kier molecular flexibility index (Phi) is 3.67. The van der Waals surface area contributed by atoms with Gasteiger partial charge >= 0.3 is 0 Å². The number of amides is 1. The number of rotatable bonds is 3. The molecule has 2 aromatic rings. The summed E-state index contributed by atoms with van der Waals surface area (Å²) in [5.41, 5.74) is 0. The van der Waals surface area contributed by atoms with Crippen LogP contribution in [0.2, 0.25) is 0 Å². The van der Waals surface area contributed by atoms with E-state index in [1.807, 2.05) is 0 Å². The minimum Gasteiger partial charge on any atom is -0.294 e. The second-order valence-electron chi connectivity index (χ2n) is 4.92. The van der Waals surface area contributed by atoms with E-state index in [1.165, 1.54) is 26.3 Å². The normalized spacial score (nSPS) is 17.0. The first-order valence-electron chi connectivity index (χ1n) is 6.69. The number of hydrogen-bond acceptors (Lipinski definition) is 5. The van der Waals surface area contributed by atoms with Crippen molar-refractivity contribution in [3.8, 4) is 0 Å². The third kappa shape index (κ3) is 2.60. The highest BCUT2D eigenvalue weighted by molar-refractivity contribution is 7.89. The fraction of sp³-hybridized carbons (Fsp3) is 0.308. The Hall–Kier alpha value is -2.26. The van der Waals surface area contributed by atoms with E-state index in [4.69, 9.17) is 0 Å². The van der Waals surface area contributed by atoms with Gasteiger partial charge in [0.15, 0.2) is 0 Å². The van der Waals surface area contributed by atoms with Gasteiger partial charge in [0, 0.05) is 32.5 Å². The molecule has 116 valence electrons. The Morgan fingerprint density at radius 2 is 2.05 bits per heavy atom. The Morgan fingerprint density at radius 3 is 2.64 bits per heavy atom. The fourth-order valence-corrected chi connectivity index (χ4v) is 3.66. The summed E-state index contributed by atoms with van der Waals surface area (Å²) in [5.74, 6) is 0.239. The van der Waals surface area contributed by atoms with E-state index < -0.39 is 10.0 Å². The molecule has 0 saturated carbocycles. The summed E-state index contributed by atoms with van der Waals surface area (Å²) >= 11 is 0. The lowest BCUT2D eigenvalue weighted by Crippen LogP contribution is -2.52. The van der Waals surface area contributed by atoms with Crippen LogP contribution >= 0.6 is 0 Å². The van der Waals surface area contributed by atoms with Gasteiger partial charge in [-0.2, -0.15) is 9.40 Å². The molecule has 1 fully saturated rings. The van der Waals surface area contributed by atoms with Crippen LogP contribution in [0.4, 0.5) is 5.82 Å². The van der Waals surface area contributed by atoms with Crippen LogP contribution in [0.1, 0.15) is 0 Å². The smallest absolute Gasteiger partial charge is 0.246 e. The van der Waals surface area contributed by atoms with Gasteiger partial charge in [0.2, 0.25) is 15.9 Å². The van der Waals surface area contributed by atoms with Crippen molar-refractivity contribution >= 4 is 21.7 Å². The third-order valence-electron chi connectivity index (χ3n) is 3.43. The lowest BCUT2D eigenvalue weighted by Gasteiger charge is -2.32. The minimum absolute atomic E-state index is 0.0917. The van der Waals surface area contributed by atoms with Gasteiger partial charge in [0.05, 0.1) is 12.7 Å². The summed E-state index contributed by atoms with van der Waals surface area (Å²) in [6, 6.07) is 5.27. The molecule has 8 nitrogen and oxygen atoms in total. The van der Waals surface area contributed by atoms with Crippen LogP contribution in [-0.4, -0.2) is 53.0 Å². The number of aryl methyl sites for hydroxylation is 1. The van der Waals surface area contributed by atoms with Crippen LogP contribution in [0.15, 0.2) is 41.7 Å². The largest absolute Gasteiger partial charge is 0.294 e. The van der Waals surface area contributed by atoms with Gasteiger partial charge in [0.25, 0.3) is 0 Å². The van der Waals surface area contributed by atoms with Gasteiger partial charge in [-0.25, -0.2) is 13.4 Å². The molecule has 3 rings (SSSR count). The zero-order valence-corrected chi connectivity index (χ0v) is 12.8. The molecule has 22 heavy (non-hydrogen) atoms. The second kappa shape index (κ2) is 5.50. The summed E-state index contributed by atoms with van der Waals surface area (Å²) in [4.78, 5) is 18.0. The second-order valence-corrected chi connectivity index (χ2v) is 6.86. The maximum atomic E-state index is 12.5. The number of hydrogen-bond donors (Lipinski definition) is 0. The Balaban J connectivity index is 1.79. The predicted octanol–water partition coefficient (Wildman–Crippen LogP) is -0.147. The summed E-state index contributed by atoms with van der Waals surface area (Å²) in [7, 11) is -2.06. The number of nitrogens with zero attached hydrogens (tertiary/aromatic N) is 5. The van der Waals surface area contributed by atoms with Crippen molar-refractivity contribution in [2.45, 2.75) is 4.90 Å². The Morgan fingerprint density at radius 1 is 1.23 bits per heavy atom. The van der Waals surface area contributed by atoms with Crippen molar-refractivity contribution in [1.29, 1.82) is 0 Å². The molecule has 0 unspecified atom stereocenters. The number of piperazine rings is 1. The molecule has 1 aliphatic rings. The monoisotopic (exact) mass is 321 g/mol. The van der Waals surface area contributed by atoms with E-state index in [-0.39, 0.29) is 30.4 Å². The summed E-state index contributed by atoms with van der Waals surface area (Å²) in [6.45, 7) is 0.294. The lowest BCUT2D eigenvalue weighted by atomic mass is 10.3. The number of sulfonamides is 1. The van der Waals surface area contributed by atoms with Crippen molar-refractivity contribution in [3.63, 3.8) is 0 Å². The van der Waals surface area contributed by atoms with E-state index in [9.17, 15) is 13.2 Å². The highest BCUT2D eigenvalue weighted by Crippen LogP contribution is 2.19. The minimum atomic E-state index is -3.70.